The molecule has 0 spiro atoms. The van der Waals surface area contributed by atoms with E-state index in [2.05, 4.69) is 53.4 Å². The highest BCUT2D eigenvalue weighted by Gasteiger charge is 2.42. The SMILES string of the molecule is CCCN(C(C)C)C(C)(CO)C(C)(C)C. The first-order chi connectivity index (χ1) is 6.70. The van der Waals surface area contributed by atoms with E-state index in [0.717, 1.165) is 13.0 Å². The maximum atomic E-state index is 9.73. The lowest BCUT2D eigenvalue weighted by atomic mass is 9.73. The fraction of sp³-hybridized carbons (Fsp3) is 1.00. The van der Waals surface area contributed by atoms with Gasteiger partial charge >= 0.3 is 0 Å². The molecule has 0 aromatic carbocycles. The molecule has 0 aromatic heterocycles. The summed E-state index contributed by atoms with van der Waals surface area (Å²) < 4.78 is 0. The van der Waals surface area contributed by atoms with Gasteiger partial charge in [-0.1, -0.05) is 27.7 Å². The molecule has 15 heavy (non-hydrogen) atoms. The number of aliphatic hydroxyl groups is 1. The van der Waals surface area contributed by atoms with Crippen LogP contribution in [0.4, 0.5) is 0 Å². The molecule has 2 heteroatoms. The zero-order chi connectivity index (χ0) is 12.3. The predicted octanol–water partition coefficient (Wildman–Crippen LogP) is 2.90. The lowest BCUT2D eigenvalue weighted by molar-refractivity contribution is -0.0528. The summed E-state index contributed by atoms with van der Waals surface area (Å²) in [6.07, 6.45) is 1.13. The van der Waals surface area contributed by atoms with Crippen LogP contribution in [0.25, 0.3) is 0 Å². The molecule has 0 saturated carbocycles. The molecule has 0 aromatic rings. The second-order valence-corrected chi connectivity index (χ2v) is 5.97. The van der Waals surface area contributed by atoms with E-state index in [9.17, 15) is 5.11 Å². The van der Waals surface area contributed by atoms with Crippen molar-refractivity contribution in [3.63, 3.8) is 0 Å². The average molecular weight is 215 g/mol. The Kier molecular flexibility index (Phi) is 5.28. The second kappa shape index (κ2) is 5.31. The van der Waals surface area contributed by atoms with Crippen LogP contribution in [0.3, 0.4) is 0 Å². The molecule has 1 unspecified atom stereocenters. The number of rotatable bonds is 5. The topological polar surface area (TPSA) is 23.5 Å². The third-order valence-electron chi connectivity index (χ3n) is 3.65. The summed E-state index contributed by atoms with van der Waals surface area (Å²) in [5.74, 6) is 0. The zero-order valence-electron chi connectivity index (χ0n) is 11.6. The van der Waals surface area contributed by atoms with Gasteiger partial charge in [-0.2, -0.15) is 0 Å². The molecule has 0 aliphatic carbocycles. The average Bonchev–Trinajstić information content (AvgIpc) is 2.10. The van der Waals surface area contributed by atoms with Crippen LogP contribution in [-0.2, 0) is 0 Å². The van der Waals surface area contributed by atoms with Gasteiger partial charge in [-0.05, 0) is 39.2 Å². The fourth-order valence-electron chi connectivity index (χ4n) is 2.07. The van der Waals surface area contributed by atoms with Crippen molar-refractivity contribution in [1.82, 2.24) is 4.90 Å². The summed E-state index contributed by atoms with van der Waals surface area (Å²) in [4.78, 5) is 2.42. The van der Waals surface area contributed by atoms with Crippen molar-refractivity contribution in [3.05, 3.63) is 0 Å². The van der Waals surface area contributed by atoms with Crippen molar-refractivity contribution in [2.75, 3.05) is 13.2 Å². The third-order valence-corrected chi connectivity index (χ3v) is 3.65. The number of aliphatic hydroxyl groups excluding tert-OH is 1. The summed E-state index contributed by atoms with van der Waals surface area (Å²) in [5, 5.41) is 9.73. The number of nitrogens with zero attached hydrogens (tertiary/aromatic N) is 1. The smallest absolute Gasteiger partial charge is 0.0617 e. The van der Waals surface area contributed by atoms with Crippen LogP contribution in [0.5, 0.6) is 0 Å². The third kappa shape index (κ3) is 3.18. The van der Waals surface area contributed by atoms with E-state index < -0.39 is 0 Å². The van der Waals surface area contributed by atoms with Crippen LogP contribution in [0.15, 0.2) is 0 Å². The molecule has 2 nitrogen and oxygen atoms in total. The van der Waals surface area contributed by atoms with Gasteiger partial charge in [0.2, 0.25) is 0 Å². The predicted molar refractivity (Wildman–Crippen MR) is 67.1 cm³/mol. The van der Waals surface area contributed by atoms with Crippen molar-refractivity contribution in [2.24, 2.45) is 5.41 Å². The molecule has 0 radical (unpaired) electrons. The molecular formula is C13H29NO. The van der Waals surface area contributed by atoms with Gasteiger partial charge in [0.1, 0.15) is 0 Å². The van der Waals surface area contributed by atoms with Gasteiger partial charge in [0.25, 0.3) is 0 Å². The first kappa shape index (κ1) is 14.9. The van der Waals surface area contributed by atoms with Crippen LogP contribution < -0.4 is 0 Å². The summed E-state index contributed by atoms with van der Waals surface area (Å²) in [6.45, 7) is 16.6. The number of hydrogen-bond acceptors (Lipinski definition) is 2. The van der Waals surface area contributed by atoms with Gasteiger partial charge < -0.3 is 5.11 Å². The summed E-state index contributed by atoms with van der Waals surface area (Å²) in [5.41, 5.74) is -0.0572. The Morgan fingerprint density at radius 2 is 1.60 bits per heavy atom. The van der Waals surface area contributed by atoms with Crippen LogP contribution in [0.2, 0.25) is 0 Å². The van der Waals surface area contributed by atoms with E-state index in [4.69, 9.17) is 0 Å². The Bertz CT molecular complexity index is 183. The van der Waals surface area contributed by atoms with E-state index in [-0.39, 0.29) is 17.6 Å². The van der Waals surface area contributed by atoms with Gasteiger partial charge in [0, 0.05) is 11.6 Å². The molecule has 0 aliphatic heterocycles. The summed E-state index contributed by atoms with van der Waals surface area (Å²) in [6, 6.07) is 0.473. The summed E-state index contributed by atoms with van der Waals surface area (Å²) >= 11 is 0. The van der Waals surface area contributed by atoms with Crippen molar-refractivity contribution in [1.29, 1.82) is 0 Å². The van der Waals surface area contributed by atoms with E-state index in [0.29, 0.717) is 6.04 Å². The molecule has 92 valence electrons. The van der Waals surface area contributed by atoms with Crippen molar-refractivity contribution in [2.45, 2.75) is 66.5 Å². The fourth-order valence-corrected chi connectivity index (χ4v) is 2.07. The van der Waals surface area contributed by atoms with Gasteiger partial charge in [-0.15, -0.1) is 0 Å². The Morgan fingerprint density at radius 3 is 1.80 bits per heavy atom. The Labute approximate surface area is 95.7 Å². The minimum atomic E-state index is -0.142. The maximum absolute atomic E-state index is 9.73. The first-order valence-electron chi connectivity index (χ1n) is 6.08. The minimum absolute atomic E-state index is 0.0845. The molecule has 1 N–H and O–H groups in total. The first-order valence-corrected chi connectivity index (χ1v) is 6.08. The van der Waals surface area contributed by atoms with Gasteiger partial charge in [0.05, 0.1) is 6.61 Å². The maximum Gasteiger partial charge on any atom is 0.0617 e. The quantitative estimate of drug-likeness (QED) is 0.762. The van der Waals surface area contributed by atoms with E-state index in [1.807, 2.05) is 0 Å². The Morgan fingerprint density at radius 1 is 1.13 bits per heavy atom. The molecule has 0 aliphatic rings. The monoisotopic (exact) mass is 215 g/mol. The van der Waals surface area contributed by atoms with Gasteiger partial charge in [0.15, 0.2) is 0 Å². The Balaban J connectivity index is 5.03. The summed E-state index contributed by atoms with van der Waals surface area (Å²) in [7, 11) is 0. The normalized spacial score (nSPS) is 17.2. The van der Waals surface area contributed by atoms with Crippen LogP contribution >= 0.6 is 0 Å². The van der Waals surface area contributed by atoms with E-state index in [1.54, 1.807) is 0 Å². The van der Waals surface area contributed by atoms with Crippen LogP contribution in [0.1, 0.15) is 54.9 Å². The molecule has 0 bridgehead atoms. The van der Waals surface area contributed by atoms with Gasteiger partial charge in [-0.25, -0.2) is 0 Å². The molecule has 0 rings (SSSR count). The van der Waals surface area contributed by atoms with Crippen molar-refractivity contribution in [3.8, 4) is 0 Å². The van der Waals surface area contributed by atoms with Crippen LogP contribution in [-0.4, -0.2) is 34.7 Å². The standard InChI is InChI=1S/C13H29NO/c1-8-9-14(11(2)3)13(7,10-15)12(4,5)6/h11,15H,8-10H2,1-7H3. The molecule has 0 amide bonds. The molecule has 1 atom stereocenters. The largest absolute Gasteiger partial charge is 0.394 e. The van der Waals surface area contributed by atoms with Crippen molar-refractivity contribution < 1.29 is 5.11 Å². The minimum Gasteiger partial charge on any atom is -0.394 e. The molecule has 0 fully saturated rings. The highest BCUT2D eigenvalue weighted by atomic mass is 16.3. The molecule has 0 heterocycles. The van der Waals surface area contributed by atoms with Crippen LogP contribution in [0, 0.1) is 5.41 Å². The van der Waals surface area contributed by atoms with E-state index >= 15 is 0 Å². The van der Waals surface area contributed by atoms with E-state index in [1.165, 1.54) is 0 Å². The molecular weight excluding hydrogens is 186 g/mol. The highest BCUT2D eigenvalue weighted by molar-refractivity contribution is 4.97. The van der Waals surface area contributed by atoms with Crippen molar-refractivity contribution >= 4 is 0 Å². The molecule has 0 saturated heterocycles. The highest BCUT2D eigenvalue weighted by Crippen LogP contribution is 2.36. The lowest BCUT2D eigenvalue weighted by Crippen LogP contribution is -2.60. The Hall–Kier alpha value is -0.0800. The second-order valence-electron chi connectivity index (χ2n) is 5.97. The zero-order valence-corrected chi connectivity index (χ0v) is 11.6. The van der Waals surface area contributed by atoms with Gasteiger partial charge in [-0.3, -0.25) is 4.90 Å². The number of hydrogen-bond donors (Lipinski definition) is 1. The lowest BCUT2D eigenvalue weighted by Gasteiger charge is -2.51.